The predicted octanol–water partition coefficient (Wildman–Crippen LogP) is 16.7. The molecule has 0 aliphatic carbocycles. The fourth-order valence-electron chi connectivity index (χ4n) is 9.45. The van der Waals surface area contributed by atoms with Gasteiger partial charge in [0.25, 0.3) is 0 Å². The maximum Gasteiger partial charge on any atom is 0.0547 e. The van der Waals surface area contributed by atoms with E-state index in [0.717, 1.165) is 44.7 Å². The summed E-state index contributed by atoms with van der Waals surface area (Å²) in [4.78, 5) is 0. The van der Waals surface area contributed by atoms with Gasteiger partial charge in [-0.05, 0) is 123 Å². The van der Waals surface area contributed by atoms with Crippen molar-refractivity contribution < 1.29 is 0 Å². The summed E-state index contributed by atoms with van der Waals surface area (Å²) < 4.78 is 4.90. The van der Waals surface area contributed by atoms with Crippen LogP contribution in [0, 0.1) is 0 Å². The van der Waals surface area contributed by atoms with Crippen LogP contribution in [0.4, 0.5) is 0 Å². The Balaban J connectivity index is 1.13. The number of benzene rings is 9. The van der Waals surface area contributed by atoms with Crippen LogP contribution in [0.15, 0.2) is 243 Å². The Morgan fingerprint density at radius 1 is 0.365 bits per heavy atom. The van der Waals surface area contributed by atoms with Crippen molar-refractivity contribution in [2.24, 2.45) is 0 Å². The topological polar surface area (TPSA) is 9.86 Å². The average Bonchev–Trinajstić information content (AvgIpc) is 3.86. The van der Waals surface area contributed by atoms with E-state index in [0.29, 0.717) is 0 Å². The fraction of sp³-hybridized carbons (Fsp3) is 0.0164. The molecule has 0 saturated carbocycles. The summed E-state index contributed by atoms with van der Waals surface area (Å²) in [5.41, 5.74) is 18.6. The number of fused-ring (bicyclic) bond motifs is 6. The van der Waals surface area contributed by atoms with Crippen LogP contribution < -0.4 is 0 Å². The number of para-hydroxylation sites is 2. The number of hydrogen-bond donors (Lipinski definition) is 0. The second-order valence-corrected chi connectivity index (χ2v) is 16.2. The van der Waals surface area contributed by atoms with Crippen LogP contribution in [0.25, 0.3) is 105 Å². The molecule has 11 rings (SSSR count). The van der Waals surface area contributed by atoms with Crippen molar-refractivity contribution in [3.05, 3.63) is 249 Å². The monoisotopic (exact) mass is 804 g/mol. The average molecular weight is 805 g/mol. The molecule has 298 valence electrons. The van der Waals surface area contributed by atoms with Crippen LogP contribution in [0.5, 0.6) is 0 Å². The van der Waals surface area contributed by atoms with E-state index < -0.39 is 0 Å². The van der Waals surface area contributed by atoms with Gasteiger partial charge in [0.15, 0.2) is 0 Å². The van der Waals surface area contributed by atoms with Gasteiger partial charge in [-0.1, -0.05) is 183 Å². The van der Waals surface area contributed by atoms with Crippen molar-refractivity contribution >= 4 is 49.2 Å². The van der Waals surface area contributed by atoms with Crippen molar-refractivity contribution in [3.63, 3.8) is 0 Å². The zero-order chi connectivity index (χ0) is 42.3. The van der Waals surface area contributed by atoms with Gasteiger partial charge >= 0.3 is 0 Å². The molecule has 2 aromatic heterocycles. The molecule has 0 saturated heterocycles. The summed E-state index contributed by atoms with van der Waals surface area (Å²) in [6, 6.07) is 77.6. The Morgan fingerprint density at radius 3 is 1.24 bits per heavy atom. The second kappa shape index (κ2) is 16.0. The number of nitrogens with zero attached hydrogens (tertiary/aromatic N) is 2. The van der Waals surface area contributed by atoms with E-state index >= 15 is 0 Å². The SMILES string of the molecule is C=C/C=C(\C=C/C)c1cc(-c2ccccc2)cc(-n2c3ccccc3c3ccc(-c4ccc5c6ccccc6n(-c6cc(-c7ccccc7)cc(-c7ccccc7)c6)c5c4)cc32)c1. The van der Waals surface area contributed by atoms with Gasteiger partial charge in [-0.2, -0.15) is 0 Å². The number of allylic oxidation sites excluding steroid dienone is 5. The largest absolute Gasteiger partial charge is 0.309 e. The molecule has 0 spiro atoms. The van der Waals surface area contributed by atoms with E-state index in [9.17, 15) is 0 Å². The molecule has 63 heavy (non-hydrogen) atoms. The van der Waals surface area contributed by atoms with Gasteiger partial charge in [0.1, 0.15) is 0 Å². The van der Waals surface area contributed by atoms with Crippen LogP contribution >= 0.6 is 0 Å². The zero-order valence-corrected chi connectivity index (χ0v) is 35.1. The first kappa shape index (κ1) is 37.8. The standard InChI is InChI=1S/C61H44N2/c1-3-18-42(19-4-2)48-34-49(43-20-8-5-9-21-43)37-52(36-48)62-58-28-16-14-26-54(58)56-32-30-46(40-60(56)62)47-31-33-57-55-27-15-17-29-59(55)63(61(57)41-47)53-38-50(44-22-10-6-11-23-44)35-51(39-53)45-24-12-7-13-25-45/h3-41H,1H2,2H3/b19-4-,42-18+. The van der Waals surface area contributed by atoms with Crippen LogP contribution in [0.1, 0.15) is 12.5 Å². The minimum Gasteiger partial charge on any atom is -0.309 e. The highest BCUT2D eigenvalue weighted by atomic mass is 15.0. The molecule has 0 N–H and O–H groups in total. The van der Waals surface area contributed by atoms with Gasteiger partial charge in [0.2, 0.25) is 0 Å². The summed E-state index contributed by atoms with van der Waals surface area (Å²) in [5.74, 6) is 0. The Kier molecular flexibility index (Phi) is 9.60. The predicted molar refractivity (Wildman–Crippen MR) is 270 cm³/mol. The molecule has 9 aromatic carbocycles. The first-order valence-electron chi connectivity index (χ1n) is 21.6. The van der Waals surface area contributed by atoms with Crippen LogP contribution in [0.2, 0.25) is 0 Å². The molecule has 0 aliphatic rings. The number of hydrogen-bond acceptors (Lipinski definition) is 0. The molecular formula is C61H44N2. The van der Waals surface area contributed by atoms with Gasteiger partial charge in [-0.15, -0.1) is 0 Å². The van der Waals surface area contributed by atoms with Gasteiger partial charge in [0, 0.05) is 32.9 Å². The molecule has 0 atom stereocenters. The Labute approximate surface area is 368 Å². The van der Waals surface area contributed by atoms with Crippen molar-refractivity contribution in [3.8, 4) is 55.9 Å². The van der Waals surface area contributed by atoms with Gasteiger partial charge < -0.3 is 9.13 Å². The molecule has 0 aliphatic heterocycles. The van der Waals surface area contributed by atoms with E-state index in [4.69, 9.17) is 0 Å². The first-order chi connectivity index (χ1) is 31.1. The van der Waals surface area contributed by atoms with Gasteiger partial charge in [-0.3, -0.25) is 0 Å². The molecule has 0 bridgehead atoms. The lowest BCUT2D eigenvalue weighted by molar-refractivity contribution is 1.18. The lowest BCUT2D eigenvalue weighted by Crippen LogP contribution is -1.97. The lowest BCUT2D eigenvalue weighted by Gasteiger charge is -2.15. The molecule has 2 heterocycles. The molecule has 0 radical (unpaired) electrons. The van der Waals surface area contributed by atoms with E-state index in [-0.39, 0.29) is 0 Å². The highest BCUT2D eigenvalue weighted by Gasteiger charge is 2.18. The summed E-state index contributed by atoms with van der Waals surface area (Å²) in [7, 11) is 0. The Morgan fingerprint density at radius 2 is 0.778 bits per heavy atom. The van der Waals surface area contributed by atoms with E-state index in [2.05, 4.69) is 253 Å². The minimum absolute atomic E-state index is 1.11. The highest BCUT2D eigenvalue weighted by molar-refractivity contribution is 6.12. The van der Waals surface area contributed by atoms with E-state index in [1.165, 1.54) is 65.9 Å². The maximum atomic E-state index is 4.05. The van der Waals surface area contributed by atoms with Gasteiger partial charge in [-0.25, -0.2) is 0 Å². The molecular weight excluding hydrogens is 761 g/mol. The van der Waals surface area contributed by atoms with Crippen LogP contribution in [0.3, 0.4) is 0 Å². The third-order valence-electron chi connectivity index (χ3n) is 12.3. The quantitative estimate of drug-likeness (QED) is 0.129. The summed E-state index contributed by atoms with van der Waals surface area (Å²) in [6.07, 6.45) is 8.22. The number of aromatic nitrogens is 2. The molecule has 0 unspecified atom stereocenters. The third kappa shape index (κ3) is 6.79. The fourth-order valence-corrected chi connectivity index (χ4v) is 9.45. The van der Waals surface area contributed by atoms with Crippen LogP contribution in [-0.4, -0.2) is 9.13 Å². The lowest BCUT2D eigenvalue weighted by atomic mass is 9.97. The number of rotatable bonds is 9. The maximum absolute atomic E-state index is 4.05. The summed E-state index contributed by atoms with van der Waals surface area (Å²) in [6.45, 7) is 6.11. The molecule has 0 amide bonds. The minimum atomic E-state index is 1.11. The molecule has 0 fully saturated rings. The van der Waals surface area contributed by atoms with Crippen molar-refractivity contribution in [1.29, 1.82) is 0 Å². The zero-order valence-electron chi connectivity index (χ0n) is 35.1. The molecule has 2 nitrogen and oxygen atoms in total. The van der Waals surface area contributed by atoms with E-state index in [1.54, 1.807) is 0 Å². The Bertz CT molecular complexity index is 3510. The molecule has 2 heteroatoms. The summed E-state index contributed by atoms with van der Waals surface area (Å²) >= 11 is 0. The Hall–Kier alpha value is -8.20. The van der Waals surface area contributed by atoms with Gasteiger partial charge in [0.05, 0.1) is 22.1 Å². The second-order valence-electron chi connectivity index (χ2n) is 16.2. The third-order valence-corrected chi connectivity index (χ3v) is 12.3. The van der Waals surface area contributed by atoms with Crippen LogP contribution in [-0.2, 0) is 0 Å². The first-order valence-corrected chi connectivity index (χ1v) is 21.6. The van der Waals surface area contributed by atoms with Crippen molar-refractivity contribution in [2.75, 3.05) is 0 Å². The smallest absolute Gasteiger partial charge is 0.0547 e. The molecule has 11 aromatic rings. The normalized spacial score (nSPS) is 12.0. The summed E-state index contributed by atoms with van der Waals surface area (Å²) in [5, 5.41) is 4.91. The van der Waals surface area contributed by atoms with Crippen molar-refractivity contribution in [1.82, 2.24) is 9.13 Å². The van der Waals surface area contributed by atoms with Crippen molar-refractivity contribution in [2.45, 2.75) is 6.92 Å². The highest BCUT2D eigenvalue weighted by Crippen LogP contribution is 2.41. The van der Waals surface area contributed by atoms with E-state index in [1.807, 2.05) is 6.08 Å².